The van der Waals surface area contributed by atoms with E-state index in [2.05, 4.69) is 48.2 Å². The third kappa shape index (κ3) is 40.6. The van der Waals surface area contributed by atoms with Crippen LogP contribution in [-0.4, -0.2) is 349 Å². The van der Waals surface area contributed by atoms with E-state index in [1.54, 1.807) is 12.4 Å². The minimum Gasteiger partial charge on any atom is -0.394 e. The lowest BCUT2D eigenvalue weighted by molar-refractivity contribution is -0.142. The molecule has 0 aromatic heterocycles. The van der Waals surface area contributed by atoms with Crippen molar-refractivity contribution in [3.63, 3.8) is 0 Å². The highest BCUT2D eigenvalue weighted by molar-refractivity contribution is 7.51. The number of rotatable bonds is 59. The van der Waals surface area contributed by atoms with Crippen LogP contribution in [0, 0.1) is 23.2 Å². The first kappa shape index (κ1) is 99.2. The number of likely N-dealkylation sites (N-methyl/N-ethyl adjacent to an activating group) is 1. The van der Waals surface area contributed by atoms with Gasteiger partial charge in [-0.15, -0.1) is 0 Å². The monoisotopic (exact) mass is 1640 g/mol. The van der Waals surface area contributed by atoms with Gasteiger partial charge in [0, 0.05) is 77.5 Å². The minimum absolute atomic E-state index is 0.00773. The Morgan fingerprint density at radius 2 is 1.25 bits per heavy atom. The number of hydrogen-bond acceptors (Lipinski definition) is 25. The lowest BCUT2D eigenvalue weighted by Crippen LogP contribution is -2.61. The first-order chi connectivity index (χ1) is 54.5. The van der Waals surface area contributed by atoms with Gasteiger partial charge in [0.1, 0.15) is 43.7 Å². The number of ether oxygens (including phenoxy) is 8. The predicted molar refractivity (Wildman–Crippen MR) is 416 cm³/mol. The van der Waals surface area contributed by atoms with Crippen molar-refractivity contribution < 1.29 is 116 Å². The molecule has 16 N–H and O–H groups in total. The molecule has 39 nitrogen and oxygen atoms in total. The standard InChI is InChI=1S/C74H130N15O24P/c1-52(2)45-59(53(3)67(95)84-102)69(97)83-61(46-57-17-12-16-56-15-8-9-18-58(56)57)70(98)77-20-30-106-34-37-110-38-35-108-32-28-88(29-33-109-36-39-111-40-42-112-50-65(93)81-63(49-90)71(99)79-54(4)68(96)82-60-19-13-24-89(73(60)101)74(75)76)72(100)62(80-55(5)91)47-66(94)87(23-14-44-114(103,104)105)27-31-107-41-43-113-51-78-64(92)48-85(6)25-26-86-21-10-7-11-22-86/h12,16-17,52-54,59-63,73,90,101-102H,7-11,13-15,18-51H2,1-6H3,(H3,75,76)(H,77,98)(H,78,92)(H,79,99)(H,80,91)(H,81,93)(H,82,96)(H,83,97)(H,84,95)(H2,103,104,105). The van der Waals surface area contributed by atoms with Gasteiger partial charge in [0.05, 0.1) is 124 Å². The lowest BCUT2D eigenvalue weighted by atomic mass is 9.84. The highest BCUT2D eigenvalue weighted by Gasteiger charge is 2.37. The molecule has 2 aliphatic heterocycles. The number of carbonyl (C=O) groups is 10. The Hall–Kier alpha value is -7.18. The molecule has 114 heavy (non-hydrogen) atoms. The summed E-state index contributed by atoms with van der Waals surface area (Å²) in [6.07, 6.45) is 6.49. The molecular formula is C74H130N15O24P. The normalized spacial score (nSPS) is 16.8. The van der Waals surface area contributed by atoms with Crippen LogP contribution in [0.1, 0.15) is 116 Å². The molecule has 0 saturated carbocycles. The number of likely N-dealkylation sites (tertiary alicyclic amines) is 2. The highest BCUT2D eigenvalue weighted by atomic mass is 31.2. The third-order valence-corrected chi connectivity index (χ3v) is 20.2. The molecule has 3 aliphatic rings. The van der Waals surface area contributed by atoms with E-state index in [1.807, 2.05) is 37.9 Å². The smallest absolute Gasteiger partial charge is 0.325 e. The number of hydrogen-bond donors (Lipinski definition) is 15. The van der Waals surface area contributed by atoms with Crippen LogP contribution >= 0.6 is 7.60 Å². The van der Waals surface area contributed by atoms with E-state index in [-0.39, 0.29) is 169 Å². The maximum Gasteiger partial charge on any atom is 0.325 e. The van der Waals surface area contributed by atoms with Crippen LogP contribution in [0.3, 0.4) is 0 Å². The van der Waals surface area contributed by atoms with Crippen molar-refractivity contribution in [2.24, 2.45) is 23.5 Å². The topological polar surface area (TPSA) is 525 Å². The maximum absolute atomic E-state index is 14.5. The van der Waals surface area contributed by atoms with Crippen LogP contribution in [0.25, 0.3) is 0 Å². The Morgan fingerprint density at radius 1 is 0.640 bits per heavy atom. The predicted octanol–water partition coefficient (Wildman–Crippen LogP) is -2.97. The van der Waals surface area contributed by atoms with E-state index in [0.717, 1.165) is 57.4 Å². The van der Waals surface area contributed by atoms with Crippen molar-refractivity contribution in [1.29, 1.82) is 5.41 Å². The van der Waals surface area contributed by atoms with Crippen LogP contribution in [0.4, 0.5) is 0 Å². The summed E-state index contributed by atoms with van der Waals surface area (Å²) >= 11 is 0. The van der Waals surface area contributed by atoms with Gasteiger partial charge in [-0.2, -0.15) is 0 Å². The van der Waals surface area contributed by atoms with E-state index < -0.39 is 135 Å². The molecule has 8 unspecified atom stereocenters. The second kappa shape index (κ2) is 56.2. The minimum atomic E-state index is -4.47. The molecule has 2 heterocycles. The summed E-state index contributed by atoms with van der Waals surface area (Å²) in [6.45, 7) is 11.1. The number of guanidine groups is 1. The number of nitrogens with zero attached hydrogens (tertiary/aromatic N) is 5. The molecular weight excluding hydrogens is 1510 g/mol. The van der Waals surface area contributed by atoms with Gasteiger partial charge in [-0.1, -0.05) is 45.4 Å². The van der Waals surface area contributed by atoms with Crippen molar-refractivity contribution in [3.05, 3.63) is 34.9 Å². The summed E-state index contributed by atoms with van der Waals surface area (Å²) in [6, 6.07) is 0.243. The zero-order valence-corrected chi connectivity index (χ0v) is 68.3. The van der Waals surface area contributed by atoms with E-state index in [9.17, 15) is 77.7 Å². The fourth-order valence-electron chi connectivity index (χ4n) is 13.1. The third-order valence-electron chi connectivity index (χ3n) is 19.3. The van der Waals surface area contributed by atoms with E-state index in [1.165, 1.54) is 58.9 Å². The second-order valence-corrected chi connectivity index (χ2v) is 30.8. The molecule has 1 aromatic rings. The van der Waals surface area contributed by atoms with Crippen molar-refractivity contribution >= 4 is 72.6 Å². The fraction of sp³-hybridized carbons (Fsp3) is 0.770. The van der Waals surface area contributed by atoms with Gasteiger partial charge in [-0.3, -0.25) is 68.0 Å². The van der Waals surface area contributed by atoms with Crippen LogP contribution in [0.15, 0.2) is 18.2 Å². The number of nitrogens with two attached hydrogens (primary N) is 1. The number of aryl methyl sites for hydroxylation is 1. The van der Waals surface area contributed by atoms with Gasteiger partial charge in [-0.05, 0) is 114 Å². The number of amides is 10. The van der Waals surface area contributed by atoms with Gasteiger partial charge < -0.3 is 120 Å². The van der Waals surface area contributed by atoms with Gasteiger partial charge in [0.2, 0.25) is 59.1 Å². The molecule has 2 saturated heterocycles. The quantitative estimate of drug-likeness (QED) is 0.00589. The lowest BCUT2D eigenvalue weighted by Gasteiger charge is -2.38. The van der Waals surface area contributed by atoms with Crippen molar-refractivity contribution in [2.45, 2.75) is 155 Å². The summed E-state index contributed by atoms with van der Waals surface area (Å²) in [4.78, 5) is 160. The number of aliphatic hydroxyl groups is 2. The number of piperidine rings is 2. The molecule has 0 radical (unpaired) electrons. The summed E-state index contributed by atoms with van der Waals surface area (Å²) in [5.74, 6) is -8.09. The number of fused-ring (bicyclic) bond motifs is 1. The molecule has 0 spiro atoms. The maximum atomic E-state index is 14.5. The Labute approximate surface area is 668 Å². The van der Waals surface area contributed by atoms with Crippen LogP contribution in [0.5, 0.6) is 0 Å². The number of carbonyl (C=O) groups excluding carboxylic acids is 10. The molecule has 1 aliphatic carbocycles. The summed E-state index contributed by atoms with van der Waals surface area (Å²) in [7, 11) is -2.59. The Bertz CT molecular complexity index is 3140. The van der Waals surface area contributed by atoms with E-state index >= 15 is 0 Å². The zero-order valence-electron chi connectivity index (χ0n) is 67.4. The van der Waals surface area contributed by atoms with Gasteiger partial charge in [-0.25, -0.2) is 5.48 Å². The Morgan fingerprint density at radius 3 is 1.85 bits per heavy atom. The van der Waals surface area contributed by atoms with Crippen molar-refractivity contribution in [2.75, 3.05) is 198 Å². The molecule has 4 rings (SSSR count). The van der Waals surface area contributed by atoms with Crippen LogP contribution < -0.4 is 48.4 Å². The largest absolute Gasteiger partial charge is 0.394 e. The molecule has 10 amide bonds. The van der Waals surface area contributed by atoms with E-state index in [0.29, 0.717) is 25.8 Å². The molecule has 8 atom stereocenters. The second-order valence-electron chi connectivity index (χ2n) is 29.0. The molecule has 0 bridgehead atoms. The zero-order chi connectivity index (χ0) is 83.8. The van der Waals surface area contributed by atoms with Crippen LogP contribution in [-0.2, 0) is 110 Å². The van der Waals surface area contributed by atoms with Crippen LogP contribution in [0.2, 0.25) is 0 Å². The molecule has 40 heteroatoms. The number of nitrogens with one attached hydrogen (secondary N) is 9. The number of hydroxylamine groups is 1. The number of aliphatic hydroxyl groups excluding tert-OH is 2. The van der Waals surface area contributed by atoms with Crippen molar-refractivity contribution in [1.82, 2.24) is 67.2 Å². The SMILES string of the molecule is CC(=O)NC(CC(=O)N(CCCP(=O)(O)O)CCOCCOCNC(=O)CN(C)CCN1CCCCC1)C(=O)N(CCOCCOCCOCCNC(=O)C(Cc1cccc2c1CCCC2)NC(=O)C(CC(C)C)C(C)C(=O)NO)CCOCCOCCOCC(=O)NC(CO)C(=O)NC(C)C(=O)NC1CCCN(C(=N)N)C1O. The first-order valence-corrected chi connectivity index (χ1v) is 41.4. The first-order valence-electron chi connectivity index (χ1n) is 39.6. The summed E-state index contributed by atoms with van der Waals surface area (Å²) in [5, 5.41) is 55.9. The Balaban J connectivity index is 1.29. The Kier molecular flexibility index (Phi) is 48.9. The molecule has 1 aromatic carbocycles. The molecule has 2 fully saturated rings. The summed E-state index contributed by atoms with van der Waals surface area (Å²) in [5.41, 5.74) is 10.5. The van der Waals surface area contributed by atoms with Gasteiger partial charge >= 0.3 is 7.60 Å². The van der Waals surface area contributed by atoms with E-state index in [4.69, 9.17) is 49.0 Å². The van der Waals surface area contributed by atoms with Gasteiger partial charge in [0.15, 0.2) is 5.96 Å². The fourth-order valence-corrected chi connectivity index (χ4v) is 13.6. The van der Waals surface area contributed by atoms with Gasteiger partial charge in [0.25, 0.3) is 0 Å². The van der Waals surface area contributed by atoms with Crippen molar-refractivity contribution in [3.8, 4) is 0 Å². The summed E-state index contributed by atoms with van der Waals surface area (Å²) < 4.78 is 57.3. The molecule has 650 valence electrons. The average Bonchev–Trinajstić information content (AvgIpc) is 0.819. The average molecular weight is 1640 g/mol. The number of benzene rings is 1. The highest BCUT2D eigenvalue weighted by Crippen LogP contribution is 2.35.